The van der Waals surface area contributed by atoms with E-state index in [1.165, 1.54) is 6.08 Å². The largest absolute Gasteiger partial charge is 0.461 e. The van der Waals surface area contributed by atoms with Crippen LogP contribution in [-0.2, 0) is 11.3 Å². The lowest BCUT2D eigenvalue weighted by Gasteiger charge is -1.97. The Morgan fingerprint density at radius 1 is 1.23 bits per heavy atom. The summed E-state index contributed by atoms with van der Waals surface area (Å²) < 4.78 is 10.4. The molecule has 0 unspecified atom stereocenters. The molecule has 0 aliphatic carbocycles. The van der Waals surface area contributed by atoms with E-state index in [0.29, 0.717) is 17.2 Å². The molecule has 0 aliphatic rings. The fourth-order valence-electron chi connectivity index (χ4n) is 1.81. The van der Waals surface area contributed by atoms with Gasteiger partial charge in [0.15, 0.2) is 5.76 Å². The van der Waals surface area contributed by atoms with Crippen LogP contribution in [0.4, 0.5) is 0 Å². The second-order valence-corrected chi connectivity index (χ2v) is 4.49. The van der Waals surface area contributed by atoms with Crippen molar-refractivity contribution in [3.05, 3.63) is 66.3 Å². The summed E-state index contributed by atoms with van der Waals surface area (Å²) >= 11 is 0. The van der Waals surface area contributed by atoms with Gasteiger partial charge in [0, 0.05) is 24.5 Å². The molecule has 0 fully saturated rings. The van der Waals surface area contributed by atoms with Gasteiger partial charge in [-0.1, -0.05) is 5.16 Å². The van der Waals surface area contributed by atoms with Crippen LogP contribution in [0.25, 0.3) is 17.6 Å². The summed E-state index contributed by atoms with van der Waals surface area (Å²) in [5, 5.41) is 6.61. The molecule has 1 N–H and O–H groups in total. The Hall–Kier alpha value is -3.15. The van der Waals surface area contributed by atoms with Gasteiger partial charge in [0.25, 0.3) is 0 Å². The zero-order valence-corrected chi connectivity index (χ0v) is 11.6. The molecule has 0 saturated carbocycles. The standard InChI is InChI=1S/C16H13N3O3/c20-16(4-3-12-5-7-17-8-6-12)18-11-13-10-15(22-19-13)14-2-1-9-21-14/h1-10H,11H2,(H,18,20). The molecule has 0 bridgehead atoms. The number of aromatic nitrogens is 2. The van der Waals surface area contributed by atoms with E-state index in [9.17, 15) is 4.79 Å². The molecule has 0 aliphatic heterocycles. The van der Waals surface area contributed by atoms with Crippen LogP contribution in [0.3, 0.4) is 0 Å². The fourth-order valence-corrected chi connectivity index (χ4v) is 1.81. The van der Waals surface area contributed by atoms with Crippen molar-refractivity contribution in [2.45, 2.75) is 6.54 Å². The fraction of sp³-hybridized carbons (Fsp3) is 0.0625. The van der Waals surface area contributed by atoms with Crippen molar-refractivity contribution in [3.8, 4) is 11.5 Å². The van der Waals surface area contributed by atoms with Crippen molar-refractivity contribution in [3.63, 3.8) is 0 Å². The Morgan fingerprint density at radius 3 is 2.86 bits per heavy atom. The van der Waals surface area contributed by atoms with Crippen LogP contribution in [0.15, 0.2) is 64.0 Å². The molecule has 110 valence electrons. The van der Waals surface area contributed by atoms with Gasteiger partial charge in [-0.2, -0.15) is 0 Å². The minimum absolute atomic E-state index is 0.209. The Morgan fingerprint density at radius 2 is 2.09 bits per heavy atom. The Labute approximate surface area is 126 Å². The van der Waals surface area contributed by atoms with Crippen LogP contribution >= 0.6 is 0 Å². The van der Waals surface area contributed by atoms with E-state index in [0.717, 1.165) is 5.56 Å². The van der Waals surface area contributed by atoms with Gasteiger partial charge >= 0.3 is 0 Å². The first-order chi connectivity index (χ1) is 10.8. The van der Waals surface area contributed by atoms with E-state index in [-0.39, 0.29) is 12.5 Å². The smallest absolute Gasteiger partial charge is 0.244 e. The zero-order valence-electron chi connectivity index (χ0n) is 11.6. The van der Waals surface area contributed by atoms with Crippen LogP contribution < -0.4 is 5.32 Å². The van der Waals surface area contributed by atoms with Crippen LogP contribution in [0.5, 0.6) is 0 Å². The van der Waals surface area contributed by atoms with E-state index in [4.69, 9.17) is 8.94 Å². The number of hydrogen-bond donors (Lipinski definition) is 1. The molecule has 22 heavy (non-hydrogen) atoms. The number of carbonyl (C=O) groups is 1. The van der Waals surface area contributed by atoms with Crippen LogP contribution in [0.2, 0.25) is 0 Å². The van der Waals surface area contributed by atoms with E-state index >= 15 is 0 Å². The van der Waals surface area contributed by atoms with Gasteiger partial charge in [-0.25, -0.2) is 0 Å². The van der Waals surface area contributed by atoms with Crippen LogP contribution in [0, 0.1) is 0 Å². The number of rotatable bonds is 5. The lowest BCUT2D eigenvalue weighted by molar-refractivity contribution is -0.116. The zero-order chi connectivity index (χ0) is 15.2. The van der Waals surface area contributed by atoms with Crippen molar-refractivity contribution in [1.82, 2.24) is 15.5 Å². The quantitative estimate of drug-likeness (QED) is 0.732. The molecular formula is C16H13N3O3. The summed E-state index contributed by atoms with van der Waals surface area (Å²) in [6.45, 7) is 0.281. The van der Waals surface area contributed by atoms with Crippen LogP contribution in [-0.4, -0.2) is 16.0 Å². The second kappa shape index (κ2) is 6.53. The van der Waals surface area contributed by atoms with Gasteiger partial charge in [0.2, 0.25) is 11.7 Å². The maximum atomic E-state index is 11.7. The Balaban J connectivity index is 1.54. The summed E-state index contributed by atoms with van der Waals surface area (Å²) in [6, 6.07) is 8.91. The van der Waals surface area contributed by atoms with Crippen molar-refractivity contribution in [2.24, 2.45) is 0 Å². The molecule has 0 aromatic carbocycles. The topological polar surface area (TPSA) is 81.2 Å². The molecule has 0 saturated heterocycles. The molecule has 3 heterocycles. The van der Waals surface area contributed by atoms with Crippen molar-refractivity contribution in [2.75, 3.05) is 0 Å². The van der Waals surface area contributed by atoms with E-state index in [1.807, 2.05) is 12.1 Å². The molecule has 3 rings (SSSR count). The summed E-state index contributed by atoms with van der Waals surface area (Å²) in [4.78, 5) is 15.6. The first-order valence-electron chi connectivity index (χ1n) is 6.67. The predicted molar refractivity (Wildman–Crippen MR) is 79.3 cm³/mol. The Bertz CT molecular complexity index is 761. The van der Waals surface area contributed by atoms with Gasteiger partial charge in [0.1, 0.15) is 5.69 Å². The average molecular weight is 295 g/mol. The molecular weight excluding hydrogens is 282 g/mol. The van der Waals surface area contributed by atoms with Crippen LogP contribution in [0.1, 0.15) is 11.3 Å². The van der Waals surface area contributed by atoms with Gasteiger partial charge in [-0.3, -0.25) is 9.78 Å². The highest BCUT2D eigenvalue weighted by Gasteiger charge is 2.09. The van der Waals surface area contributed by atoms with E-state index < -0.39 is 0 Å². The first-order valence-corrected chi connectivity index (χ1v) is 6.67. The van der Waals surface area contributed by atoms with Crippen molar-refractivity contribution in [1.29, 1.82) is 0 Å². The number of hydrogen-bond acceptors (Lipinski definition) is 5. The SMILES string of the molecule is O=C(C=Cc1ccncc1)NCc1cc(-c2ccco2)on1. The third kappa shape index (κ3) is 3.49. The maximum absolute atomic E-state index is 11.7. The number of nitrogens with one attached hydrogen (secondary N) is 1. The maximum Gasteiger partial charge on any atom is 0.244 e. The summed E-state index contributed by atoms with van der Waals surface area (Å²) in [5.41, 5.74) is 1.53. The highest BCUT2D eigenvalue weighted by Crippen LogP contribution is 2.20. The monoisotopic (exact) mass is 295 g/mol. The lowest BCUT2D eigenvalue weighted by Crippen LogP contribution is -2.20. The van der Waals surface area contributed by atoms with Gasteiger partial charge < -0.3 is 14.3 Å². The minimum atomic E-state index is -0.209. The predicted octanol–water partition coefficient (Wildman–Crippen LogP) is 2.66. The molecule has 0 spiro atoms. The molecule has 6 nitrogen and oxygen atoms in total. The van der Waals surface area contributed by atoms with E-state index in [2.05, 4.69) is 15.5 Å². The Kier molecular flexibility index (Phi) is 4.10. The third-order valence-electron chi connectivity index (χ3n) is 2.90. The summed E-state index contributed by atoms with van der Waals surface area (Å²) in [6.07, 6.45) is 8.08. The average Bonchev–Trinajstić information content (AvgIpc) is 3.22. The van der Waals surface area contributed by atoms with Crippen molar-refractivity contribution < 1.29 is 13.7 Å². The molecule has 3 aromatic rings. The highest BCUT2D eigenvalue weighted by molar-refractivity contribution is 5.91. The molecule has 1 amide bonds. The number of amides is 1. The highest BCUT2D eigenvalue weighted by atomic mass is 16.5. The molecule has 6 heteroatoms. The normalized spacial score (nSPS) is 10.9. The number of carbonyl (C=O) groups excluding carboxylic acids is 1. The number of nitrogens with zero attached hydrogens (tertiary/aromatic N) is 2. The van der Waals surface area contributed by atoms with Gasteiger partial charge in [-0.05, 0) is 35.9 Å². The molecule has 0 radical (unpaired) electrons. The van der Waals surface area contributed by atoms with E-state index in [1.54, 1.807) is 42.9 Å². The minimum Gasteiger partial charge on any atom is -0.461 e. The summed E-state index contributed by atoms with van der Waals surface area (Å²) in [7, 11) is 0. The second-order valence-electron chi connectivity index (χ2n) is 4.49. The van der Waals surface area contributed by atoms with Gasteiger partial charge in [0.05, 0.1) is 12.8 Å². The van der Waals surface area contributed by atoms with Crippen molar-refractivity contribution >= 4 is 12.0 Å². The van der Waals surface area contributed by atoms with Gasteiger partial charge in [-0.15, -0.1) is 0 Å². The first kappa shape index (κ1) is 13.8. The molecule has 3 aromatic heterocycles. The lowest BCUT2D eigenvalue weighted by atomic mass is 10.2. The summed E-state index contributed by atoms with van der Waals surface area (Å²) in [5.74, 6) is 0.920. The third-order valence-corrected chi connectivity index (χ3v) is 2.90. The molecule has 0 atom stereocenters. The number of pyridine rings is 1. The number of furan rings is 1.